The van der Waals surface area contributed by atoms with Crippen LogP contribution in [0.5, 0.6) is 5.75 Å². The van der Waals surface area contributed by atoms with E-state index >= 15 is 0 Å². The van der Waals surface area contributed by atoms with Gasteiger partial charge in [-0.3, -0.25) is 4.79 Å². The van der Waals surface area contributed by atoms with E-state index in [2.05, 4.69) is 21.6 Å². The highest BCUT2D eigenvalue weighted by Crippen LogP contribution is 2.23. The van der Waals surface area contributed by atoms with Crippen molar-refractivity contribution in [2.45, 2.75) is 37.8 Å². The van der Waals surface area contributed by atoms with Crippen molar-refractivity contribution in [1.29, 1.82) is 0 Å². The maximum atomic E-state index is 12.6. The second-order valence-corrected chi connectivity index (χ2v) is 6.68. The lowest BCUT2D eigenvalue weighted by molar-refractivity contribution is -0.128. The van der Waals surface area contributed by atoms with Gasteiger partial charge in [-0.25, -0.2) is 0 Å². The number of methoxy groups -OCH3 is 1. The smallest absolute Gasteiger partial charge is 0.240 e. The fourth-order valence-electron chi connectivity index (χ4n) is 3.08. The number of ether oxygens (including phenoxy) is 1. The van der Waals surface area contributed by atoms with Crippen molar-refractivity contribution in [3.05, 3.63) is 29.8 Å². The van der Waals surface area contributed by atoms with Crippen molar-refractivity contribution in [2.75, 3.05) is 34.3 Å². The number of hydrogen-bond acceptors (Lipinski definition) is 4. The zero-order chi connectivity index (χ0) is 16.9. The molecule has 1 fully saturated rings. The molecule has 1 aliphatic heterocycles. The molecule has 0 aliphatic carbocycles. The van der Waals surface area contributed by atoms with E-state index in [0.29, 0.717) is 6.54 Å². The maximum Gasteiger partial charge on any atom is 0.240 e. The van der Waals surface area contributed by atoms with Crippen LogP contribution in [0.15, 0.2) is 24.3 Å². The first-order valence-corrected chi connectivity index (χ1v) is 8.30. The number of nitrogens with one attached hydrogen (secondary N) is 2. The Labute approximate surface area is 139 Å². The normalized spacial score (nSPS) is 22.7. The van der Waals surface area contributed by atoms with Crippen LogP contribution in [0.1, 0.15) is 37.8 Å². The van der Waals surface area contributed by atoms with Crippen molar-refractivity contribution in [3.63, 3.8) is 0 Å². The van der Waals surface area contributed by atoms with Gasteiger partial charge in [-0.1, -0.05) is 12.1 Å². The number of carbonyl (C=O) groups excluding carboxylic acids is 1. The summed E-state index contributed by atoms with van der Waals surface area (Å²) in [6.45, 7) is 3.49. The highest BCUT2D eigenvalue weighted by atomic mass is 16.5. The van der Waals surface area contributed by atoms with Gasteiger partial charge >= 0.3 is 0 Å². The predicted octanol–water partition coefficient (Wildman–Crippen LogP) is 1.95. The van der Waals surface area contributed by atoms with E-state index in [0.717, 1.165) is 37.1 Å². The van der Waals surface area contributed by atoms with E-state index in [1.807, 2.05) is 39.2 Å². The largest absolute Gasteiger partial charge is 0.497 e. The van der Waals surface area contributed by atoms with Crippen LogP contribution in [0.3, 0.4) is 0 Å². The quantitative estimate of drug-likeness (QED) is 0.841. The summed E-state index contributed by atoms with van der Waals surface area (Å²) in [6.07, 6.45) is 3.14. The summed E-state index contributed by atoms with van der Waals surface area (Å²) < 4.78 is 5.31. The minimum absolute atomic E-state index is 0.0898. The van der Waals surface area contributed by atoms with Crippen LogP contribution in [0, 0.1) is 0 Å². The van der Waals surface area contributed by atoms with Gasteiger partial charge in [-0.05, 0) is 64.5 Å². The average molecular weight is 319 g/mol. The molecule has 0 saturated carbocycles. The minimum Gasteiger partial charge on any atom is -0.497 e. The molecule has 0 bridgehead atoms. The zero-order valence-electron chi connectivity index (χ0n) is 14.7. The molecule has 2 N–H and O–H groups in total. The number of carbonyl (C=O) groups is 1. The fraction of sp³-hybridized carbons (Fsp3) is 0.611. The molecule has 1 heterocycles. The lowest BCUT2D eigenvalue weighted by atomic mass is 9.90. The fourth-order valence-corrected chi connectivity index (χ4v) is 3.08. The van der Waals surface area contributed by atoms with E-state index in [-0.39, 0.29) is 11.9 Å². The van der Waals surface area contributed by atoms with Gasteiger partial charge in [0, 0.05) is 6.54 Å². The Morgan fingerprint density at radius 1 is 1.43 bits per heavy atom. The molecule has 2 atom stereocenters. The summed E-state index contributed by atoms with van der Waals surface area (Å²) in [4.78, 5) is 14.7. The molecule has 1 amide bonds. The molecule has 128 valence electrons. The lowest BCUT2D eigenvalue weighted by Crippen LogP contribution is -2.57. The number of benzene rings is 1. The first-order chi connectivity index (χ1) is 11.0. The summed E-state index contributed by atoms with van der Waals surface area (Å²) >= 11 is 0. The third-order valence-electron chi connectivity index (χ3n) is 4.68. The maximum absolute atomic E-state index is 12.6. The number of piperidine rings is 1. The van der Waals surface area contributed by atoms with Crippen LogP contribution < -0.4 is 15.4 Å². The van der Waals surface area contributed by atoms with Crippen LogP contribution in [0.2, 0.25) is 0 Å². The van der Waals surface area contributed by atoms with Gasteiger partial charge in [0.1, 0.15) is 5.75 Å². The molecule has 5 heteroatoms. The first kappa shape index (κ1) is 17.8. The number of rotatable bonds is 6. The van der Waals surface area contributed by atoms with Gasteiger partial charge in [0.05, 0.1) is 18.7 Å². The third kappa shape index (κ3) is 4.45. The Bertz CT molecular complexity index is 525. The van der Waals surface area contributed by atoms with Crippen molar-refractivity contribution >= 4 is 5.91 Å². The molecule has 2 unspecified atom stereocenters. The third-order valence-corrected chi connectivity index (χ3v) is 4.68. The molecule has 1 saturated heterocycles. The zero-order valence-corrected chi connectivity index (χ0v) is 14.7. The summed E-state index contributed by atoms with van der Waals surface area (Å²) in [5, 5.41) is 6.49. The van der Waals surface area contributed by atoms with E-state index in [1.54, 1.807) is 7.11 Å². The highest BCUT2D eigenvalue weighted by molar-refractivity contribution is 5.86. The van der Waals surface area contributed by atoms with E-state index < -0.39 is 5.54 Å². The first-order valence-electron chi connectivity index (χ1n) is 8.30. The summed E-state index contributed by atoms with van der Waals surface area (Å²) in [7, 11) is 5.72. The molecule has 0 spiro atoms. The Hall–Kier alpha value is -1.59. The van der Waals surface area contributed by atoms with Gasteiger partial charge in [-0.15, -0.1) is 0 Å². The molecule has 5 nitrogen and oxygen atoms in total. The highest BCUT2D eigenvalue weighted by Gasteiger charge is 2.34. The van der Waals surface area contributed by atoms with E-state index in [9.17, 15) is 4.79 Å². The molecule has 1 aliphatic rings. The predicted molar refractivity (Wildman–Crippen MR) is 92.7 cm³/mol. The van der Waals surface area contributed by atoms with Crippen molar-refractivity contribution in [2.24, 2.45) is 0 Å². The molecule has 2 rings (SSSR count). The standard InChI is InChI=1S/C18H29N3O2/c1-18(10-5-6-11-20-18)17(22)19-13-16(21(2)3)14-8-7-9-15(12-14)23-4/h7-9,12,16,20H,5-6,10-11,13H2,1-4H3,(H,19,22). The topological polar surface area (TPSA) is 53.6 Å². The van der Waals surface area contributed by atoms with Gasteiger partial charge in [0.15, 0.2) is 0 Å². The van der Waals surface area contributed by atoms with Crippen molar-refractivity contribution in [1.82, 2.24) is 15.5 Å². The molecular formula is C18H29N3O2. The number of nitrogens with zero attached hydrogens (tertiary/aromatic N) is 1. The van der Waals surface area contributed by atoms with Gasteiger partial charge < -0.3 is 20.3 Å². The second-order valence-electron chi connectivity index (χ2n) is 6.68. The van der Waals surface area contributed by atoms with Crippen LogP contribution in [-0.4, -0.2) is 50.6 Å². The molecule has 0 aromatic heterocycles. The minimum atomic E-state index is -0.441. The van der Waals surface area contributed by atoms with E-state index in [1.165, 1.54) is 0 Å². The number of likely N-dealkylation sites (N-methyl/N-ethyl adjacent to an activating group) is 1. The number of hydrogen-bond donors (Lipinski definition) is 2. The number of amides is 1. The molecule has 23 heavy (non-hydrogen) atoms. The van der Waals surface area contributed by atoms with Crippen LogP contribution >= 0.6 is 0 Å². The van der Waals surface area contributed by atoms with Crippen LogP contribution in [-0.2, 0) is 4.79 Å². The Morgan fingerprint density at radius 2 is 2.22 bits per heavy atom. The van der Waals surface area contributed by atoms with Gasteiger partial charge in [0.2, 0.25) is 5.91 Å². The Balaban J connectivity index is 2.03. The summed E-state index contributed by atoms with van der Waals surface area (Å²) in [6, 6.07) is 8.12. The van der Waals surface area contributed by atoms with Gasteiger partial charge in [0.25, 0.3) is 0 Å². The van der Waals surface area contributed by atoms with Crippen LogP contribution in [0.4, 0.5) is 0 Å². The summed E-state index contributed by atoms with van der Waals surface area (Å²) in [5.74, 6) is 0.925. The SMILES string of the molecule is COc1cccc(C(CNC(=O)C2(C)CCCCN2)N(C)C)c1. The van der Waals surface area contributed by atoms with Crippen molar-refractivity contribution in [3.8, 4) is 5.75 Å². The Kier molecular flexibility index (Phi) is 6.02. The lowest BCUT2D eigenvalue weighted by Gasteiger charge is -2.34. The average Bonchev–Trinajstić information content (AvgIpc) is 2.55. The second kappa shape index (κ2) is 7.79. The molecular weight excluding hydrogens is 290 g/mol. The van der Waals surface area contributed by atoms with Crippen LogP contribution in [0.25, 0.3) is 0 Å². The summed E-state index contributed by atoms with van der Waals surface area (Å²) in [5.41, 5.74) is 0.695. The van der Waals surface area contributed by atoms with Gasteiger partial charge in [-0.2, -0.15) is 0 Å². The Morgan fingerprint density at radius 3 is 2.83 bits per heavy atom. The molecule has 1 aromatic carbocycles. The van der Waals surface area contributed by atoms with E-state index in [4.69, 9.17) is 4.74 Å². The van der Waals surface area contributed by atoms with Crippen molar-refractivity contribution < 1.29 is 9.53 Å². The monoisotopic (exact) mass is 319 g/mol. The molecule has 0 radical (unpaired) electrons. The molecule has 1 aromatic rings.